The molecule has 5 heterocycles. The van der Waals surface area contributed by atoms with E-state index in [0.717, 1.165) is 53.2 Å². The van der Waals surface area contributed by atoms with E-state index in [-0.39, 0.29) is 17.4 Å². The Hall–Kier alpha value is -5.85. The summed E-state index contributed by atoms with van der Waals surface area (Å²) in [5.41, 5.74) is 18.1. The van der Waals surface area contributed by atoms with Gasteiger partial charge in [0, 0.05) is 67.1 Å². The van der Waals surface area contributed by atoms with Crippen molar-refractivity contribution in [2.24, 2.45) is 11.5 Å². The summed E-state index contributed by atoms with van der Waals surface area (Å²) in [6.45, 7) is 3.42. The molecule has 0 unspecified atom stereocenters. The van der Waals surface area contributed by atoms with Gasteiger partial charge in [0.25, 0.3) is 11.8 Å². The molecular weight excluding hydrogens is 693 g/mol. The average Bonchev–Trinajstić information content (AvgIpc) is 3.87. The predicted octanol–water partition coefficient (Wildman–Crippen LogP) is 5.40. The van der Waals surface area contributed by atoms with Crippen LogP contribution >= 0.6 is 0 Å². The summed E-state index contributed by atoms with van der Waals surface area (Å²) in [7, 11) is -0.797. The monoisotopic (exact) mass is 735 g/mol. The number of hydrogen-bond donors (Lipinski definition) is 3. The number of aromatic nitrogens is 1. The van der Waals surface area contributed by atoms with Gasteiger partial charge in [0.15, 0.2) is 0 Å². The predicted molar refractivity (Wildman–Crippen MR) is 212 cm³/mol. The lowest BCUT2D eigenvalue weighted by atomic mass is 9.77. The zero-order chi connectivity index (χ0) is 37.6. The molecule has 6 aromatic rings. The SMILES string of the molecule is NCc1cccc(C2CCN(C(=O)c3cc4c(B5Oc6cc7cc(C(=O)N8CCC(c9cccc(CN)c9)CC8)c(=O)oc7cc6O5)cccc4[nH]3)CC2)c1. The van der Waals surface area contributed by atoms with Crippen molar-refractivity contribution in [1.29, 1.82) is 0 Å². The molecule has 12 heteroatoms. The number of aromatic amines is 1. The summed E-state index contributed by atoms with van der Waals surface area (Å²) in [6, 6.07) is 29.3. The van der Waals surface area contributed by atoms with Gasteiger partial charge in [-0.05, 0) is 84.0 Å². The molecule has 0 bridgehead atoms. The Bertz CT molecular complexity index is 2500. The van der Waals surface area contributed by atoms with Gasteiger partial charge in [0.05, 0.1) is 0 Å². The number of H-pyrrole nitrogens is 1. The number of rotatable bonds is 7. The van der Waals surface area contributed by atoms with Crippen LogP contribution in [0.15, 0.2) is 100 Å². The third kappa shape index (κ3) is 6.66. The van der Waals surface area contributed by atoms with Gasteiger partial charge < -0.3 is 40.0 Å². The van der Waals surface area contributed by atoms with Crippen molar-refractivity contribution < 1.29 is 23.3 Å². The Labute approximate surface area is 318 Å². The van der Waals surface area contributed by atoms with Crippen LogP contribution in [0.2, 0.25) is 0 Å². The smallest absolute Gasteiger partial charge is 0.519 e. The molecule has 278 valence electrons. The van der Waals surface area contributed by atoms with Crippen LogP contribution in [0.4, 0.5) is 0 Å². The first kappa shape index (κ1) is 34.9. The summed E-state index contributed by atoms with van der Waals surface area (Å²) in [5.74, 6) is 1.23. The van der Waals surface area contributed by atoms with Gasteiger partial charge in [-0.25, -0.2) is 4.79 Å². The van der Waals surface area contributed by atoms with E-state index in [1.807, 2.05) is 47.4 Å². The minimum Gasteiger partial charge on any atom is -0.519 e. The fraction of sp³-hybridized carbons (Fsp3) is 0.279. The van der Waals surface area contributed by atoms with Crippen LogP contribution in [0, 0.1) is 0 Å². The number of nitrogens with two attached hydrogens (primary N) is 2. The number of nitrogens with one attached hydrogen (secondary N) is 1. The van der Waals surface area contributed by atoms with Gasteiger partial charge in [0.2, 0.25) is 0 Å². The van der Waals surface area contributed by atoms with Crippen LogP contribution in [0.1, 0.15) is 80.6 Å². The normalized spacial score (nSPS) is 16.4. The summed E-state index contributed by atoms with van der Waals surface area (Å²) in [6.07, 6.45) is 3.38. The third-order valence-corrected chi connectivity index (χ3v) is 11.6. The Morgan fingerprint density at radius 3 is 1.91 bits per heavy atom. The molecule has 0 aliphatic carbocycles. The minimum atomic E-state index is -0.797. The standard InChI is InChI=1S/C43H42BN5O6/c45-24-26-4-1-6-30(18-26)28-10-14-48(15-11-28)41(50)34-20-32-21-39-40(23-38(32)53-43(34)52)55-44(54-39)35-8-3-9-36-33(35)22-37(47-36)42(51)49-16-12-29(13-17-49)31-7-2-5-27(19-31)25-46/h1-9,18-23,28-29,47H,10-17,24-25,45-46H2. The lowest BCUT2D eigenvalue weighted by molar-refractivity contribution is 0.0701. The molecule has 5 N–H and O–H groups in total. The van der Waals surface area contributed by atoms with Crippen LogP contribution in [-0.4, -0.2) is 59.9 Å². The Balaban J connectivity index is 0.888. The number of carbonyl (C=O) groups excluding carboxylic acids is 2. The van der Waals surface area contributed by atoms with Crippen molar-refractivity contribution in [3.05, 3.63) is 135 Å². The fourth-order valence-electron chi connectivity index (χ4n) is 8.46. The number of likely N-dealkylation sites (tertiary alicyclic amines) is 2. The average molecular weight is 736 g/mol. The van der Waals surface area contributed by atoms with Crippen LogP contribution in [0.3, 0.4) is 0 Å². The summed E-state index contributed by atoms with van der Waals surface area (Å²) >= 11 is 0. The largest absolute Gasteiger partial charge is 0.633 e. The molecule has 2 saturated heterocycles. The number of hydrogen-bond acceptors (Lipinski definition) is 8. The number of nitrogens with zero attached hydrogens (tertiary/aromatic N) is 2. The quantitative estimate of drug-likeness (QED) is 0.145. The Kier molecular flexibility index (Phi) is 9.15. The molecule has 9 rings (SSSR count). The van der Waals surface area contributed by atoms with Gasteiger partial charge in [-0.15, -0.1) is 0 Å². The topological polar surface area (TPSA) is 157 Å². The molecule has 2 amide bonds. The zero-order valence-electron chi connectivity index (χ0n) is 30.5. The second-order valence-corrected chi connectivity index (χ2v) is 14.9. The molecule has 0 spiro atoms. The number of fused-ring (bicyclic) bond motifs is 3. The molecule has 4 aromatic carbocycles. The number of piperidine rings is 2. The molecule has 0 saturated carbocycles. The maximum absolute atomic E-state index is 13.7. The second-order valence-electron chi connectivity index (χ2n) is 14.9. The van der Waals surface area contributed by atoms with Crippen molar-refractivity contribution in [3.63, 3.8) is 0 Å². The first-order valence-corrected chi connectivity index (χ1v) is 19.1. The number of carbonyl (C=O) groups is 2. The zero-order valence-corrected chi connectivity index (χ0v) is 30.5. The van der Waals surface area contributed by atoms with Crippen molar-refractivity contribution in [1.82, 2.24) is 14.8 Å². The lowest BCUT2D eigenvalue weighted by Crippen LogP contribution is -2.39. The molecule has 0 atom stereocenters. The van der Waals surface area contributed by atoms with Gasteiger partial charge in [-0.1, -0.05) is 60.7 Å². The van der Waals surface area contributed by atoms with E-state index in [2.05, 4.69) is 35.3 Å². The van der Waals surface area contributed by atoms with Gasteiger partial charge in [0.1, 0.15) is 28.3 Å². The Morgan fingerprint density at radius 2 is 1.29 bits per heavy atom. The summed E-state index contributed by atoms with van der Waals surface area (Å²) < 4.78 is 18.3. The van der Waals surface area contributed by atoms with E-state index in [4.69, 9.17) is 25.2 Å². The van der Waals surface area contributed by atoms with Crippen molar-refractivity contribution in [2.75, 3.05) is 26.2 Å². The Morgan fingerprint density at radius 1 is 0.709 bits per heavy atom. The second kappa shape index (κ2) is 14.4. The minimum absolute atomic E-state index is 0.00851. The van der Waals surface area contributed by atoms with E-state index >= 15 is 0 Å². The molecule has 2 fully saturated rings. The van der Waals surface area contributed by atoms with Crippen LogP contribution < -0.4 is 31.9 Å². The highest BCUT2D eigenvalue weighted by Crippen LogP contribution is 2.38. The number of benzene rings is 4. The maximum Gasteiger partial charge on any atom is 0.633 e. The highest BCUT2D eigenvalue weighted by atomic mass is 16.6. The van der Waals surface area contributed by atoms with E-state index in [9.17, 15) is 14.4 Å². The maximum atomic E-state index is 13.7. The molecule has 3 aliphatic heterocycles. The van der Waals surface area contributed by atoms with Crippen LogP contribution in [-0.2, 0) is 13.1 Å². The lowest BCUT2D eigenvalue weighted by Gasteiger charge is -2.32. The summed E-state index contributed by atoms with van der Waals surface area (Å²) in [4.78, 5) is 47.4. The van der Waals surface area contributed by atoms with Crippen LogP contribution in [0.25, 0.3) is 21.9 Å². The molecule has 11 nitrogen and oxygen atoms in total. The molecule has 2 aromatic heterocycles. The van der Waals surface area contributed by atoms with Gasteiger partial charge >= 0.3 is 12.7 Å². The van der Waals surface area contributed by atoms with Gasteiger partial charge in [-0.3, -0.25) is 9.59 Å². The van der Waals surface area contributed by atoms with Crippen molar-refractivity contribution in [2.45, 2.75) is 50.6 Å². The van der Waals surface area contributed by atoms with E-state index < -0.39 is 12.7 Å². The molecular formula is C43H42BN5O6. The highest BCUT2D eigenvalue weighted by molar-refractivity contribution is 6.66. The third-order valence-electron chi connectivity index (χ3n) is 11.6. The van der Waals surface area contributed by atoms with E-state index in [1.165, 1.54) is 11.1 Å². The molecule has 0 radical (unpaired) electrons. The van der Waals surface area contributed by atoms with E-state index in [1.54, 1.807) is 23.1 Å². The van der Waals surface area contributed by atoms with Crippen molar-refractivity contribution in [3.8, 4) is 11.5 Å². The van der Waals surface area contributed by atoms with Crippen LogP contribution in [0.5, 0.6) is 11.5 Å². The molecule has 3 aliphatic rings. The fourth-order valence-corrected chi connectivity index (χ4v) is 8.46. The number of amides is 2. The highest BCUT2D eigenvalue weighted by Gasteiger charge is 2.37. The molecule has 55 heavy (non-hydrogen) atoms. The van der Waals surface area contributed by atoms with E-state index in [0.29, 0.717) is 79.3 Å². The summed E-state index contributed by atoms with van der Waals surface area (Å²) in [5, 5.41) is 1.37. The first-order valence-electron chi connectivity index (χ1n) is 19.1. The first-order chi connectivity index (χ1) is 26.8. The van der Waals surface area contributed by atoms with Gasteiger partial charge in [-0.2, -0.15) is 0 Å². The van der Waals surface area contributed by atoms with Crippen molar-refractivity contribution >= 4 is 46.3 Å².